The van der Waals surface area contributed by atoms with Gasteiger partial charge in [-0.1, -0.05) is 121 Å². The summed E-state index contributed by atoms with van der Waals surface area (Å²) in [6.45, 7) is 0. The minimum absolute atomic E-state index is 0.666. The Bertz CT molecular complexity index is 3960. The summed E-state index contributed by atoms with van der Waals surface area (Å²) in [5, 5.41) is 14.6. The quantitative estimate of drug-likeness (QED) is 0.178. The maximum atomic E-state index is 5.75. The van der Waals surface area contributed by atoms with Crippen molar-refractivity contribution >= 4 is 124 Å². The Morgan fingerprint density at radius 1 is 0.375 bits per heavy atom. The molecule has 6 heterocycles. The summed E-state index contributed by atoms with van der Waals surface area (Å²) in [6, 6.07) is 59.5. The molecule has 6 aromatic heterocycles. The molecule has 0 amide bonds. The molecule has 258 valence electrons. The third-order valence-electron chi connectivity index (χ3n) is 12.2. The molecule has 0 radical (unpaired) electrons. The van der Waals surface area contributed by atoms with Crippen molar-refractivity contribution in [3.63, 3.8) is 0 Å². The number of thiophene rings is 1. The second-order valence-corrected chi connectivity index (χ2v) is 16.0. The van der Waals surface area contributed by atoms with Gasteiger partial charge in [0.2, 0.25) is 5.95 Å². The molecule has 0 spiro atoms. The normalized spacial score (nSPS) is 12.6. The fourth-order valence-corrected chi connectivity index (χ4v) is 11.1. The summed E-state index contributed by atoms with van der Waals surface area (Å²) >= 11 is 1.74. The molecule has 0 N–H and O–H groups in total. The van der Waals surface area contributed by atoms with E-state index in [0.717, 1.165) is 38.1 Å². The van der Waals surface area contributed by atoms with Gasteiger partial charge in [-0.05, 0) is 53.2 Å². The highest BCUT2D eigenvalue weighted by atomic mass is 32.1. The van der Waals surface area contributed by atoms with E-state index in [-0.39, 0.29) is 0 Å². The molecule has 5 nitrogen and oxygen atoms in total. The first kappa shape index (κ1) is 29.1. The fourth-order valence-electron chi connectivity index (χ4n) is 10.00. The second kappa shape index (κ2) is 10.3. The van der Waals surface area contributed by atoms with Gasteiger partial charge < -0.3 is 4.40 Å². The van der Waals surface area contributed by atoms with E-state index in [4.69, 9.17) is 9.97 Å². The van der Waals surface area contributed by atoms with E-state index >= 15 is 0 Å². The van der Waals surface area contributed by atoms with Gasteiger partial charge in [0.25, 0.3) is 0 Å². The van der Waals surface area contributed by atoms with Crippen LogP contribution < -0.4 is 0 Å². The van der Waals surface area contributed by atoms with Crippen LogP contribution in [0, 0.1) is 0 Å². The Morgan fingerprint density at radius 2 is 0.964 bits per heavy atom. The van der Waals surface area contributed by atoms with Crippen LogP contribution in [0.1, 0.15) is 0 Å². The monoisotopic (exact) mass is 729 g/mol. The van der Waals surface area contributed by atoms with Crippen molar-refractivity contribution < 1.29 is 0 Å². The zero-order valence-electron chi connectivity index (χ0n) is 29.7. The van der Waals surface area contributed by atoms with E-state index in [9.17, 15) is 0 Å². The molecule has 0 atom stereocenters. The number of aromatic nitrogens is 5. The molecule has 0 aliphatic heterocycles. The predicted octanol–water partition coefficient (Wildman–Crippen LogP) is 13.3. The van der Waals surface area contributed by atoms with Gasteiger partial charge in [0.15, 0.2) is 5.82 Å². The van der Waals surface area contributed by atoms with Crippen LogP contribution in [0.25, 0.3) is 125 Å². The molecule has 14 aromatic rings. The average molecular weight is 730 g/mol. The fraction of sp³-hybridized carbons (Fsp3) is 0. The Labute approximate surface area is 321 Å². The number of benzene rings is 8. The summed E-state index contributed by atoms with van der Waals surface area (Å²) in [4.78, 5) is 12.2. The van der Waals surface area contributed by atoms with Crippen LogP contribution in [0.4, 0.5) is 0 Å². The lowest BCUT2D eigenvalue weighted by atomic mass is 9.99. The summed E-state index contributed by atoms with van der Waals surface area (Å²) < 4.78 is 8.39. The highest BCUT2D eigenvalue weighted by Crippen LogP contribution is 2.49. The van der Waals surface area contributed by atoms with Gasteiger partial charge in [-0.15, -0.1) is 11.3 Å². The molecule has 0 unspecified atom stereocenters. The Hall–Kier alpha value is -7.28. The molecule has 6 heteroatoms. The maximum Gasteiger partial charge on any atom is 0.238 e. The number of para-hydroxylation sites is 4. The largest absolute Gasteiger partial charge is 0.308 e. The van der Waals surface area contributed by atoms with Crippen molar-refractivity contribution in [2.75, 3.05) is 0 Å². The van der Waals surface area contributed by atoms with Gasteiger partial charge in [0.05, 0.1) is 44.0 Å². The van der Waals surface area contributed by atoms with Gasteiger partial charge in [-0.25, -0.2) is 4.98 Å². The van der Waals surface area contributed by atoms with Crippen molar-refractivity contribution in [1.29, 1.82) is 0 Å². The maximum absolute atomic E-state index is 5.75. The standard InChI is InChI=1S/C50H27N5S/c1-2-14-29-28(13-1)25-26-40-43(29)46-41(27-35-32-17-5-8-20-36(32)53-39-23-11-6-18-33(39)44(46)47(35)53)54(40)48-45-34-19-7-12-24-42(34)56-49(45)52-50(51-48)55-37-21-9-3-15-30(37)31-16-4-10-22-38(31)55/h1-27H. The van der Waals surface area contributed by atoms with Crippen molar-refractivity contribution in [3.8, 4) is 11.8 Å². The van der Waals surface area contributed by atoms with Crippen LogP contribution >= 0.6 is 11.3 Å². The van der Waals surface area contributed by atoms with Crippen LogP contribution in [-0.4, -0.2) is 23.5 Å². The van der Waals surface area contributed by atoms with Gasteiger partial charge in [-0.3, -0.25) is 9.13 Å². The first-order valence-electron chi connectivity index (χ1n) is 19.0. The number of nitrogens with zero attached hydrogens (tertiary/aromatic N) is 5. The topological polar surface area (TPSA) is 40.0 Å². The minimum Gasteiger partial charge on any atom is -0.308 e. The van der Waals surface area contributed by atoms with Gasteiger partial charge >= 0.3 is 0 Å². The first-order chi connectivity index (χ1) is 27.8. The third-order valence-corrected chi connectivity index (χ3v) is 13.3. The minimum atomic E-state index is 0.666. The number of fused-ring (bicyclic) bond motifs is 18. The Balaban J connectivity index is 1.26. The lowest BCUT2D eigenvalue weighted by molar-refractivity contribution is 0.977. The summed E-state index contributed by atoms with van der Waals surface area (Å²) in [7, 11) is 0. The molecule has 0 aliphatic rings. The highest BCUT2D eigenvalue weighted by Gasteiger charge is 2.27. The predicted molar refractivity (Wildman–Crippen MR) is 236 cm³/mol. The zero-order chi connectivity index (χ0) is 36.2. The number of hydrogen-bond acceptors (Lipinski definition) is 3. The molecule has 0 bridgehead atoms. The molecule has 0 fully saturated rings. The van der Waals surface area contributed by atoms with E-state index in [0.29, 0.717) is 5.95 Å². The Morgan fingerprint density at radius 3 is 1.71 bits per heavy atom. The van der Waals surface area contributed by atoms with E-state index in [1.165, 1.54) is 80.5 Å². The van der Waals surface area contributed by atoms with Crippen LogP contribution in [-0.2, 0) is 0 Å². The lowest BCUT2D eigenvalue weighted by Crippen LogP contribution is -2.06. The molecular weight excluding hydrogens is 703 g/mol. The smallest absolute Gasteiger partial charge is 0.238 e. The van der Waals surface area contributed by atoms with Crippen LogP contribution in [0.3, 0.4) is 0 Å². The van der Waals surface area contributed by atoms with Gasteiger partial charge in [0, 0.05) is 53.2 Å². The van der Waals surface area contributed by atoms with Gasteiger partial charge in [0.1, 0.15) is 4.83 Å². The number of hydrogen-bond donors (Lipinski definition) is 0. The van der Waals surface area contributed by atoms with E-state index < -0.39 is 0 Å². The molecule has 0 saturated heterocycles. The lowest BCUT2D eigenvalue weighted by Gasteiger charge is -2.13. The summed E-state index contributed by atoms with van der Waals surface area (Å²) in [5.41, 5.74) is 8.17. The average Bonchev–Trinajstić information content (AvgIpc) is 4.05. The molecule has 8 aromatic carbocycles. The van der Waals surface area contributed by atoms with Crippen LogP contribution in [0.2, 0.25) is 0 Å². The summed E-state index contributed by atoms with van der Waals surface area (Å²) in [5.74, 6) is 1.56. The molecular formula is C50H27N5S. The highest BCUT2D eigenvalue weighted by molar-refractivity contribution is 7.25. The van der Waals surface area contributed by atoms with E-state index in [1.54, 1.807) is 11.3 Å². The van der Waals surface area contributed by atoms with E-state index in [2.05, 4.69) is 177 Å². The van der Waals surface area contributed by atoms with Crippen molar-refractivity contribution in [2.45, 2.75) is 0 Å². The van der Waals surface area contributed by atoms with Crippen LogP contribution in [0.15, 0.2) is 164 Å². The third kappa shape index (κ3) is 3.47. The molecule has 14 rings (SSSR count). The van der Waals surface area contributed by atoms with Gasteiger partial charge in [-0.2, -0.15) is 4.98 Å². The molecule has 0 aliphatic carbocycles. The molecule has 56 heavy (non-hydrogen) atoms. The van der Waals surface area contributed by atoms with Crippen molar-refractivity contribution in [3.05, 3.63) is 164 Å². The zero-order valence-corrected chi connectivity index (χ0v) is 30.5. The number of rotatable bonds is 2. The van der Waals surface area contributed by atoms with Crippen molar-refractivity contribution in [2.24, 2.45) is 0 Å². The van der Waals surface area contributed by atoms with E-state index in [1.807, 2.05) is 0 Å². The van der Waals surface area contributed by atoms with Crippen LogP contribution in [0.5, 0.6) is 0 Å². The molecule has 0 saturated carbocycles. The Kier molecular flexibility index (Phi) is 5.34. The summed E-state index contributed by atoms with van der Waals surface area (Å²) in [6.07, 6.45) is 0. The second-order valence-electron chi connectivity index (χ2n) is 14.9. The SMILES string of the molecule is c1ccc2c(c1)ccc1c2c2c3c4ccccc4n4c5ccccc5c(cc2n1-c1nc(-n2c5ccccc5c5ccccc52)nc2sc5ccccc5c12)c34. The van der Waals surface area contributed by atoms with Crippen molar-refractivity contribution in [1.82, 2.24) is 23.5 Å². The first-order valence-corrected chi connectivity index (χ1v) is 19.8.